The Morgan fingerprint density at radius 3 is 2.74 bits per heavy atom. The summed E-state index contributed by atoms with van der Waals surface area (Å²) in [6.07, 6.45) is 1.43. The maximum absolute atomic E-state index is 12.1. The maximum atomic E-state index is 12.1. The van der Waals surface area contributed by atoms with Crippen LogP contribution in [0.3, 0.4) is 0 Å². The van der Waals surface area contributed by atoms with Crippen molar-refractivity contribution in [3.63, 3.8) is 0 Å². The Morgan fingerprint density at radius 1 is 1.22 bits per heavy atom. The van der Waals surface area contributed by atoms with Crippen molar-refractivity contribution in [2.45, 2.75) is 0 Å². The number of benzene rings is 2. The Morgan fingerprint density at radius 2 is 1.96 bits per heavy atom. The van der Waals surface area contributed by atoms with Crippen molar-refractivity contribution in [3.05, 3.63) is 70.8 Å². The Balaban J connectivity index is 2.03. The van der Waals surface area contributed by atoms with E-state index in [1.54, 1.807) is 30.3 Å². The molecular weight excluding hydrogens is 290 g/mol. The Labute approximate surface area is 131 Å². The van der Waals surface area contributed by atoms with Crippen LogP contribution in [0.4, 0.5) is 11.4 Å². The van der Waals surface area contributed by atoms with Gasteiger partial charge in [0.05, 0.1) is 28.0 Å². The highest BCUT2D eigenvalue weighted by atomic mass is 16.1. The highest BCUT2D eigenvalue weighted by Crippen LogP contribution is 2.18. The summed E-state index contributed by atoms with van der Waals surface area (Å²) < 4.78 is 0. The van der Waals surface area contributed by atoms with Gasteiger partial charge in [0, 0.05) is 6.20 Å². The van der Waals surface area contributed by atoms with E-state index in [0.717, 1.165) is 0 Å². The largest absolute Gasteiger partial charge is 0.397 e. The number of allylic oxidation sites excluding steroid dienone is 1. The third-order valence-corrected chi connectivity index (χ3v) is 3.31. The minimum absolute atomic E-state index is 0.0632. The lowest BCUT2D eigenvalue weighted by Crippen LogP contribution is -2.14. The summed E-state index contributed by atoms with van der Waals surface area (Å²) in [5, 5.41) is 12.3. The zero-order valence-electron chi connectivity index (χ0n) is 12.1. The number of anilines is 2. The lowest BCUT2D eigenvalue weighted by atomic mass is 10.2. The molecule has 0 saturated heterocycles. The summed E-state index contributed by atoms with van der Waals surface area (Å²) in [5.74, 6) is 0. The molecule has 23 heavy (non-hydrogen) atoms. The summed E-state index contributed by atoms with van der Waals surface area (Å²) in [7, 11) is 0. The summed E-state index contributed by atoms with van der Waals surface area (Å²) >= 11 is 0. The standard InChI is InChI=1S/C17H13N5O/c18-9-11(10-20-13-6-2-1-5-12(13)19)16-17(23)22-15-8-4-3-7-14(15)21-16/h1-8,10,20H,19H2,(H,22,23). The van der Waals surface area contributed by atoms with Crippen molar-refractivity contribution in [1.82, 2.24) is 9.97 Å². The smallest absolute Gasteiger partial charge is 0.275 e. The van der Waals surface area contributed by atoms with Crippen LogP contribution in [0.25, 0.3) is 16.6 Å². The molecular formula is C17H13N5O. The lowest BCUT2D eigenvalue weighted by Gasteiger charge is -2.05. The normalized spacial score (nSPS) is 11.2. The van der Waals surface area contributed by atoms with E-state index in [0.29, 0.717) is 22.4 Å². The molecule has 2 aromatic carbocycles. The van der Waals surface area contributed by atoms with Crippen LogP contribution in [0, 0.1) is 11.3 Å². The van der Waals surface area contributed by atoms with Crippen LogP contribution < -0.4 is 16.6 Å². The third kappa shape index (κ3) is 2.89. The monoisotopic (exact) mass is 303 g/mol. The molecule has 1 aromatic heterocycles. The number of H-pyrrole nitrogens is 1. The fourth-order valence-electron chi connectivity index (χ4n) is 2.14. The SMILES string of the molecule is N#CC(=CNc1ccccc1N)c1nc2ccccc2[nH]c1=O. The van der Waals surface area contributed by atoms with Gasteiger partial charge in [-0.25, -0.2) is 4.98 Å². The number of nitriles is 1. The predicted molar refractivity (Wildman–Crippen MR) is 90.4 cm³/mol. The van der Waals surface area contributed by atoms with Crippen molar-refractivity contribution < 1.29 is 0 Å². The third-order valence-electron chi connectivity index (χ3n) is 3.31. The quantitative estimate of drug-likeness (QED) is 0.509. The molecule has 0 fully saturated rings. The van der Waals surface area contributed by atoms with Crippen molar-refractivity contribution in [3.8, 4) is 6.07 Å². The van der Waals surface area contributed by atoms with Crippen LogP contribution in [-0.4, -0.2) is 9.97 Å². The first-order valence-electron chi connectivity index (χ1n) is 6.90. The average molecular weight is 303 g/mol. The van der Waals surface area contributed by atoms with Crippen LogP contribution in [-0.2, 0) is 0 Å². The molecule has 0 radical (unpaired) electrons. The Bertz CT molecular complexity index is 998. The van der Waals surface area contributed by atoms with Crippen LogP contribution >= 0.6 is 0 Å². The molecule has 0 atom stereocenters. The summed E-state index contributed by atoms with van der Waals surface area (Å²) in [6.45, 7) is 0. The number of fused-ring (bicyclic) bond motifs is 1. The number of nitrogens with one attached hydrogen (secondary N) is 2. The van der Waals surface area contributed by atoms with Crippen molar-refractivity contribution in [2.24, 2.45) is 0 Å². The van der Waals surface area contributed by atoms with Crippen LogP contribution in [0.1, 0.15) is 5.69 Å². The topological polar surface area (TPSA) is 108 Å². The number of hydrogen-bond donors (Lipinski definition) is 3. The minimum Gasteiger partial charge on any atom is -0.397 e. The van der Waals surface area contributed by atoms with E-state index < -0.39 is 5.56 Å². The van der Waals surface area contributed by atoms with Gasteiger partial charge in [-0.15, -0.1) is 0 Å². The molecule has 3 aromatic rings. The molecule has 0 amide bonds. The first-order valence-corrected chi connectivity index (χ1v) is 6.90. The van der Waals surface area contributed by atoms with Crippen LogP contribution in [0.5, 0.6) is 0 Å². The fourth-order valence-corrected chi connectivity index (χ4v) is 2.14. The number of para-hydroxylation sites is 4. The van der Waals surface area contributed by atoms with Gasteiger partial charge in [0.1, 0.15) is 11.8 Å². The average Bonchev–Trinajstić information content (AvgIpc) is 2.57. The molecule has 0 aliphatic rings. The summed E-state index contributed by atoms with van der Waals surface area (Å²) in [4.78, 5) is 19.1. The highest BCUT2D eigenvalue weighted by Gasteiger charge is 2.10. The van der Waals surface area contributed by atoms with Gasteiger partial charge >= 0.3 is 0 Å². The number of nitrogens with zero attached hydrogens (tertiary/aromatic N) is 2. The van der Waals surface area contributed by atoms with Crippen molar-refractivity contribution in [2.75, 3.05) is 11.1 Å². The van der Waals surface area contributed by atoms with Gasteiger partial charge in [-0.1, -0.05) is 24.3 Å². The molecule has 0 spiro atoms. The molecule has 112 valence electrons. The molecule has 6 nitrogen and oxygen atoms in total. The van der Waals surface area contributed by atoms with Crippen LogP contribution in [0.2, 0.25) is 0 Å². The summed E-state index contributed by atoms with van der Waals surface area (Å²) in [6, 6.07) is 16.3. The number of nitrogens with two attached hydrogens (primary N) is 1. The van der Waals surface area contributed by atoms with E-state index in [4.69, 9.17) is 5.73 Å². The van der Waals surface area contributed by atoms with E-state index in [9.17, 15) is 10.1 Å². The van der Waals surface area contributed by atoms with Crippen LogP contribution in [0.15, 0.2) is 59.5 Å². The Kier molecular flexibility index (Phi) is 3.77. The number of rotatable bonds is 3. The van der Waals surface area contributed by atoms with E-state index >= 15 is 0 Å². The van der Waals surface area contributed by atoms with Gasteiger partial charge in [0.25, 0.3) is 5.56 Å². The second-order valence-corrected chi connectivity index (χ2v) is 4.83. The molecule has 0 aliphatic heterocycles. The summed E-state index contributed by atoms with van der Waals surface area (Å²) in [5.41, 5.74) is 8.03. The number of hydrogen-bond acceptors (Lipinski definition) is 5. The van der Waals surface area contributed by atoms with E-state index in [-0.39, 0.29) is 11.3 Å². The molecule has 0 saturated carbocycles. The molecule has 6 heteroatoms. The van der Waals surface area contributed by atoms with Gasteiger partial charge in [0.2, 0.25) is 0 Å². The first kappa shape index (κ1) is 14.4. The second-order valence-electron chi connectivity index (χ2n) is 4.83. The zero-order valence-corrected chi connectivity index (χ0v) is 12.1. The molecule has 3 rings (SSSR count). The maximum Gasteiger partial charge on any atom is 0.275 e. The number of nitrogen functional groups attached to an aromatic ring is 1. The van der Waals surface area contributed by atoms with E-state index in [1.165, 1.54) is 6.20 Å². The van der Waals surface area contributed by atoms with Gasteiger partial charge < -0.3 is 16.0 Å². The number of aromatic amines is 1. The van der Waals surface area contributed by atoms with Gasteiger partial charge in [-0.05, 0) is 24.3 Å². The van der Waals surface area contributed by atoms with Crippen molar-refractivity contribution >= 4 is 28.0 Å². The van der Waals surface area contributed by atoms with Gasteiger partial charge in [-0.3, -0.25) is 4.79 Å². The lowest BCUT2D eigenvalue weighted by molar-refractivity contribution is 1.18. The zero-order chi connectivity index (χ0) is 16.2. The predicted octanol–water partition coefficient (Wildman–Crippen LogP) is 2.48. The highest BCUT2D eigenvalue weighted by molar-refractivity contribution is 5.81. The fraction of sp³-hybridized carbons (Fsp3) is 0. The molecule has 0 unspecified atom stereocenters. The molecule has 0 bridgehead atoms. The van der Waals surface area contributed by atoms with Gasteiger partial charge in [0.15, 0.2) is 0 Å². The van der Waals surface area contributed by atoms with E-state index in [1.807, 2.05) is 24.3 Å². The Hall–Kier alpha value is -3.59. The molecule has 0 aliphatic carbocycles. The van der Waals surface area contributed by atoms with Crippen molar-refractivity contribution in [1.29, 1.82) is 5.26 Å². The molecule has 1 heterocycles. The van der Waals surface area contributed by atoms with E-state index in [2.05, 4.69) is 15.3 Å². The molecule has 4 N–H and O–H groups in total. The van der Waals surface area contributed by atoms with Gasteiger partial charge in [-0.2, -0.15) is 5.26 Å². The number of aromatic nitrogens is 2. The minimum atomic E-state index is -0.417. The second kappa shape index (κ2) is 6.03. The first-order chi connectivity index (χ1) is 11.2.